The fourth-order valence-electron chi connectivity index (χ4n) is 3.68. The average Bonchev–Trinajstić information content (AvgIpc) is 3.09. The first-order valence-electron chi connectivity index (χ1n) is 9.21. The minimum Gasteiger partial charge on any atom is -0.451 e. The highest BCUT2D eigenvalue weighted by Crippen LogP contribution is 2.28. The molecule has 0 aliphatic rings. The Morgan fingerprint density at radius 3 is 2.58 bits per heavy atom. The number of nitrogens with zero attached hydrogens (tertiary/aromatic N) is 2. The van der Waals surface area contributed by atoms with Gasteiger partial charge in [-0.05, 0) is 53.2 Å². The quantitative estimate of drug-likeness (QED) is 0.719. The Balaban J connectivity index is 1.93. The van der Waals surface area contributed by atoms with Crippen LogP contribution >= 0.6 is 0 Å². The first-order valence-corrected chi connectivity index (χ1v) is 9.21. The van der Waals surface area contributed by atoms with Crippen LogP contribution in [0.5, 0.6) is 0 Å². The van der Waals surface area contributed by atoms with Gasteiger partial charge < -0.3 is 9.73 Å². The van der Waals surface area contributed by atoms with Crippen molar-refractivity contribution in [1.82, 2.24) is 15.1 Å². The monoisotopic (exact) mass is 353 g/mol. The number of carbonyl (C=O) groups is 1. The van der Waals surface area contributed by atoms with E-state index in [0.29, 0.717) is 5.76 Å². The molecule has 0 aliphatic heterocycles. The van der Waals surface area contributed by atoms with Crippen LogP contribution in [0.1, 0.15) is 64.9 Å². The van der Waals surface area contributed by atoms with E-state index in [-0.39, 0.29) is 11.9 Å². The molecule has 3 rings (SSSR count). The average molecular weight is 353 g/mol. The SMILES string of the molecule is CCC(NC(=O)c1oc2ccc(C)cc2c1C)c1c(C)nn(CC)c1C. The maximum absolute atomic E-state index is 12.9. The van der Waals surface area contributed by atoms with Crippen molar-refractivity contribution in [3.63, 3.8) is 0 Å². The fourth-order valence-corrected chi connectivity index (χ4v) is 3.68. The summed E-state index contributed by atoms with van der Waals surface area (Å²) in [6.45, 7) is 13.0. The van der Waals surface area contributed by atoms with E-state index >= 15 is 0 Å². The van der Waals surface area contributed by atoms with E-state index in [2.05, 4.69) is 37.3 Å². The van der Waals surface area contributed by atoms with Gasteiger partial charge in [0.1, 0.15) is 5.58 Å². The Bertz CT molecular complexity index is 965. The third-order valence-electron chi connectivity index (χ3n) is 5.10. The number of aromatic nitrogens is 2. The van der Waals surface area contributed by atoms with E-state index in [1.807, 2.05) is 37.6 Å². The van der Waals surface area contributed by atoms with Gasteiger partial charge in [-0.1, -0.05) is 18.6 Å². The zero-order valence-corrected chi connectivity index (χ0v) is 16.4. The van der Waals surface area contributed by atoms with E-state index in [4.69, 9.17) is 4.42 Å². The van der Waals surface area contributed by atoms with Crippen LogP contribution in [0.15, 0.2) is 22.6 Å². The molecule has 0 aliphatic carbocycles. The van der Waals surface area contributed by atoms with Gasteiger partial charge in [0.15, 0.2) is 5.76 Å². The molecule has 0 spiro atoms. The van der Waals surface area contributed by atoms with Gasteiger partial charge in [0.25, 0.3) is 5.91 Å². The Labute approximate surface area is 154 Å². The first kappa shape index (κ1) is 18.2. The van der Waals surface area contributed by atoms with Crippen LogP contribution < -0.4 is 5.32 Å². The number of hydrogen-bond acceptors (Lipinski definition) is 3. The Morgan fingerprint density at radius 2 is 1.96 bits per heavy atom. The molecular formula is C21H27N3O2. The summed E-state index contributed by atoms with van der Waals surface area (Å²) in [7, 11) is 0. The van der Waals surface area contributed by atoms with E-state index in [1.54, 1.807) is 0 Å². The number of hydrogen-bond donors (Lipinski definition) is 1. The van der Waals surface area contributed by atoms with Crippen LogP contribution in [0.25, 0.3) is 11.0 Å². The maximum Gasteiger partial charge on any atom is 0.287 e. The number of nitrogens with one attached hydrogen (secondary N) is 1. The molecule has 1 amide bonds. The van der Waals surface area contributed by atoms with Crippen LogP contribution in [-0.2, 0) is 6.54 Å². The normalized spacial score (nSPS) is 12.5. The second-order valence-corrected chi connectivity index (χ2v) is 6.89. The van der Waals surface area contributed by atoms with Crippen molar-refractivity contribution in [2.24, 2.45) is 0 Å². The summed E-state index contributed by atoms with van der Waals surface area (Å²) in [5, 5.41) is 8.73. The molecule has 0 fully saturated rings. The lowest BCUT2D eigenvalue weighted by molar-refractivity contribution is 0.0908. The second-order valence-electron chi connectivity index (χ2n) is 6.89. The van der Waals surface area contributed by atoms with Crippen LogP contribution in [0.4, 0.5) is 0 Å². The van der Waals surface area contributed by atoms with Gasteiger partial charge >= 0.3 is 0 Å². The fraction of sp³-hybridized carbons (Fsp3) is 0.429. The lowest BCUT2D eigenvalue weighted by atomic mass is 10.0. The van der Waals surface area contributed by atoms with Gasteiger partial charge in [-0.15, -0.1) is 0 Å². The van der Waals surface area contributed by atoms with Crippen LogP contribution in [0.3, 0.4) is 0 Å². The molecule has 1 unspecified atom stereocenters. The van der Waals surface area contributed by atoms with E-state index < -0.39 is 0 Å². The molecule has 0 saturated heterocycles. The summed E-state index contributed by atoms with van der Waals surface area (Å²) in [6.07, 6.45) is 0.793. The zero-order chi connectivity index (χ0) is 19.0. The van der Waals surface area contributed by atoms with Crippen molar-refractivity contribution >= 4 is 16.9 Å². The largest absolute Gasteiger partial charge is 0.451 e. The molecule has 3 aromatic rings. The molecule has 0 saturated carbocycles. The van der Waals surface area contributed by atoms with Crippen molar-refractivity contribution in [3.8, 4) is 0 Å². The number of fused-ring (bicyclic) bond motifs is 1. The van der Waals surface area contributed by atoms with Crippen LogP contribution in [0, 0.1) is 27.7 Å². The predicted molar refractivity (Wildman–Crippen MR) is 104 cm³/mol. The van der Waals surface area contributed by atoms with Gasteiger partial charge in [0.05, 0.1) is 11.7 Å². The third-order valence-corrected chi connectivity index (χ3v) is 5.10. The standard InChI is InChI=1S/C21H27N3O2/c1-7-17(19-14(5)23-24(8-2)15(19)6)22-21(25)20-13(4)16-11-12(3)9-10-18(16)26-20/h9-11,17H,7-8H2,1-6H3,(H,22,25). The molecule has 5 nitrogen and oxygen atoms in total. The topological polar surface area (TPSA) is 60.1 Å². The van der Waals surface area contributed by atoms with Crippen molar-refractivity contribution in [2.45, 2.75) is 60.5 Å². The number of benzene rings is 1. The van der Waals surface area contributed by atoms with Crippen molar-refractivity contribution in [1.29, 1.82) is 0 Å². The summed E-state index contributed by atoms with van der Waals surface area (Å²) >= 11 is 0. The number of amides is 1. The molecule has 0 bridgehead atoms. The molecule has 26 heavy (non-hydrogen) atoms. The summed E-state index contributed by atoms with van der Waals surface area (Å²) in [4.78, 5) is 12.9. The number of carbonyl (C=O) groups excluding carboxylic acids is 1. The van der Waals surface area contributed by atoms with Crippen LogP contribution in [-0.4, -0.2) is 15.7 Å². The minimum absolute atomic E-state index is 0.0860. The lowest BCUT2D eigenvalue weighted by Crippen LogP contribution is -2.29. The van der Waals surface area contributed by atoms with E-state index in [1.165, 1.54) is 0 Å². The number of aryl methyl sites for hydroxylation is 4. The highest BCUT2D eigenvalue weighted by molar-refractivity contribution is 5.99. The van der Waals surface area contributed by atoms with Gasteiger partial charge in [0.2, 0.25) is 0 Å². The second kappa shape index (κ2) is 6.98. The van der Waals surface area contributed by atoms with Crippen molar-refractivity contribution in [2.75, 3.05) is 0 Å². The van der Waals surface area contributed by atoms with Gasteiger partial charge in [-0.3, -0.25) is 9.48 Å². The molecule has 0 radical (unpaired) electrons. The predicted octanol–water partition coefficient (Wildman–Crippen LogP) is 4.76. The Kier molecular flexibility index (Phi) is 4.90. The minimum atomic E-state index is -0.175. The smallest absolute Gasteiger partial charge is 0.287 e. The zero-order valence-electron chi connectivity index (χ0n) is 16.4. The van der Waals surface area contributed by atoms with Crippen molar-refractivity contribution in [3.05, 3.63) is 52.0 Å². The number of rotatable bonds is 5. The summed E-state index contributed by atoms with van der Waals surface area (Å²) in [5.74, 6) is 0.216. The van der Waals surface area contributed by atoms with E-state index in [9.17, 15) is 4.79 Å². The molecule has 1 N–H and O–H groups in total. The highest BCUT2D eigenvalue weighted by Gasteiger charge is 2.24. The maximum atomic E-state index is 12.9. The van der Waals surface area contributed by atoms with Crippen molar-refractivity contribution < 1.29 is 9.21 Å². The summed E-state index contributed by atoms with van der Waals surface area (Å²) in [6, 6.07) is 5.89. The Hall–Kier alpha value is -2.56. The van der Waals surface area contributed by atoms with Gasteiger partial charge in [-0.2, -0.15) is 5.10 Å². The molecule has 1 aromatic carbocycles. The van der Waals surface area contributed by atoms with Gasteiger partial charge in [0, 0.05) is 28.8 Å². The van der Waals surface area contributed by atoms with Crippen LogP contribution in [0.2, 0.25) is 0 Å². The molecule has 2 aromatic heterocycles. The van der Waals surface area contributed by atoms with E-state index in [0.717, 1.165) is 52.0 Å². The Morgan fingerprint density at radius 1 is 1.23 bits per heavy atom. The first-order chi connectivity index (χ1) is 12.4. The third kappa shape index (κ3) is 3.02. The molecule has 5 heteroatoms. The molecular weight excluding hydrogens is 326 g/mol. The number of furan rings is 1. The summed E-state index contributed by atoms with van der Waals surface area (Å²) in [5.41, 5.74) is 5.96. The summed E-state index contributed by atoms with van der Waals surface area (Å²) < 4.78 is 7.83. The molecule has 138 valence electrons. The molecule has 1 atom stereocenters. The van der Waals surface area contributed by atoms with Gasteiger partial charge in [-0.25, -0.2) is 0 Å². The lowest BCUT2D eigenvalue weighted by Gasteiger charge is -2.17. The highest BCUT2D eigenvalue weighted by atomic mass is 16.3. The molecule has 2 heterocycles.